The molecule has 2 fully saturated rings. The number of ether oxygens (including phenoxy) is 3. The van der Waals surface area contributed by atoms with Gasteiger partial charge in [0.15, 0.2) is 11.4 Å². The minimum absolute atomic E-state index is 0.177. The molecule has 8 nitrogen and oxygen atoms in total. The third-order valence-corrected chi connectivity index (χ3v) is 6.51. The van der Waals surface area contributed by atoms with Crippen LogP contribution in [0.5, 0.6) is 11.5 Å². The summed E-state index contributed by atoms with van der Waals surface area (Å²) in [4.78, 5) is 8.83. The van der Waals surface area contributed by atoms with Crippen LogP contribution in [0.15, 0.2) is 60.9 Å². The molecule has 33 heavy (non-hydrogen) atoms. The molecule has 2 aromatic heterocycles. The molecule has 2 aromatic carbocycles. The van der Waals surface area contributed by atoms with Gasteiger partial charge in [-0.15, -0.1) is 0 Å². The van der Waals surface area contributed by atoms with Crippen molar-refractivity contribution in [2.75, 3.05) is 18.9 Å². The number of benzene rings is 2. The van der Waals surface area contributed by atoms with Crippen LogP contribution in [0.2, 0.25) is 0 Å². The van der Waals surface area contributed by atoms with Gasteiger partial charge >= 0.3 is 0 Å². The first-order chi connectivity index (χ1) is 16.2. The third-order valence-electron chi connectivity index (χ3n) is 6.51. The molecule has 0 amide bonds. The lowest BCUT2D eigenvalue weighted by atomic mass is 9.90. The molecule has 1 aliphatic heterocycles. The SMILES string of the molecule is Nc1ncnc2c1c(-c1ccccc1Oc1ccccc1)nn2C1CCC2(CC1)OCCO2. The molecule has 8 heteroatoms. The summed E-state index contributed by atoms with van der Waals surface area (Å²) in [6.45, 7) is 1.34. The third kappa shape index (κ3) is 3.61. The molecular weight excluding hydrogens is 418 g/mol. The maximum atomic E-state index is 6.35. The molecule has 0 bridgehead atoms. The van der Waals surface area contributed by atoms with E-state index in [0.29, 0.717) is 24.8 Å². The molecule has 1 saturated carbocycles. The van der Waals surface area contributed by atoms with Crippen molar-refractivity contribution in [1.82, 2.24) is 19.7 Å². The maximum Gasteiger partial charge on any atom is 0.168 e. The fraction of sp³-hybridized carbons (Fsp3) is 0.320. The molecule has 0 atom stereocenters. The molecule has 0 radical (unpaired) electrons. The van der Waals surface area contributed by atoms with Gasteiger partial charge in [-0.2, -0.15) is 5.10 Å². The standard InChI is InChI=1S/C25H25N5O3/c26-23-21-22(19-8-4-5-9-20(19)33-18-6-2-1-3-7-18)29-30(24(21)28-16-27-23)17-10-12-25(13-11-17)31-14-15-32-25/h1-9,16-17H,10-15H2,(H2,26,27,28). The van der Waals surface area contributed by atoms with E-state index in [0.717, 1.165) is 53.7 Å². The highest BCUT2D eigenvalue weighted by Crippen LogP contribution is 2.43. The number of nitrogens with zero attached hydrogens (tertiary/aromatic N) is 4. The van der Waals surface area contributed by atoms with E-state index in [4.69, 9.17) is 25.0 Å². The Morgan fingerprint density at radius 2 is 1.67 bits per heavy atom. The van der Waals surface area contributed by atoms with Gasteiger partial charge in [0.1, 0.15) is 29.3 Å². The first-order valence-electron chi connectivity index (χ1n) is 11.3. The van der Waals surface area contributed by atoms with E-state index in [9.17, 15) is 0 Å². The zero-order valence-corrected chi connectivity index (χ0v) is 18.2. The Kier molecular flexibility index (Phi) is 4.96. The minimum atomic E-state index is -0.424. The summed E-state index contributed by atoms with van der Waals surface area (Å²) in [6.07, 6.45) is 4.95. The summed E-state index contributed by atoms with van der Waals surface area (Å²) in [6, 6.07) is 17.7. The lowest BCUT2D eigenvalue weighted by Gasteiger charge is -2.35. The van der Waals surface area contributed by atoms with Crippen LogP contribution in [0.1, 0.15) is 31.7 Å². The van der Waals surface area contributed by atoms with Gasteiger partial charge in [0.2, 0.25) is 0 Å². The van der Waals surface area contributed by atoms with Crippen molar-refractivity contribution >= 4 is 16.9 Å². The minimum Gasteiger partial charge on any atom is -0.457 e. The summed E-state index contributed by atoms with van der Waals surface area (Å²) in [5.74, 6) is 1.44. The quantitative estimate of drug-likeness (QED) is 0.487. The number of nitrogens with two attached hydrogens (primary N) is 1. The van der Waals surface area contributed by atoms with Crippen molar-refractivity contribution in [3.05, 3.63) is 60.9 Å². The van der Waals surface area contributed by atoms with Crippen LogP contribution in [0.4, 0.5) is 5.82 Å². The Balaban J connectivity index is 1.41. The smallest absolute Gasteiger partial charge is 0.168 e. The van der Waals surface area contributed by atoms with E-state index in [1.54, 1.807) is 0 Å². The number of nitrogen functional groups attached to an aromatic ring is 1. The summed E-state index contributed by atoms with van der Waals surface area (Å²) >= 11 is 0. The van der Waals surface area contributed by atoms with Crippen LogP contribution >= 0.6 is 0 Å². The number of hydrogen-bond donors (Lipinski definition) is 1. The second-order valence-corrected chi connectivity index (χ2v) is 8.50. The Bertz CT molecular complexity index is 1270. The molecule has 1 saturated heterocycles. The highest BCUT2D eigenvalue weighted by molar-refractivity contribution is 5.99. The van der Waals surface area contributed by atoms with E-state index < -0.39 is 5.79 Å². The highest BCUT2D eigenvalue weighted by atomic mass is 16.7. The lowest BCUT2D eigenvalue weighted by molar-refractivity contribution is -0.181. The van der Waals surface area contributed by atoms with Crippen LogP contribution in [0.25, 0.3) is 22.3 Å². The van der Waals surface area contributed by atoms with Crippen molar-refractivity contribution in [1.29, 1.82) is 0 Å². The van der Waals surface area contributed by atoms with Gasteiger partial charge in [-0.1, -0.05) is 30.3 Å². The molecule has 4 aromatic rings. The van der Waals surface area contributed by atoms with Crippen molar-refractivity contribution in [3.63, 3.8) is 0 Å². The van der Waals surface area contributed by atoms with Crippen molar-refractivity contribution in [2.24, 2.45) is 0 Å². The number of anilines is 1. The highest BCUT2D eigenvalue weighted by Gasteiger charge is 2.41. The number of rotatable bonds is 4. The van der Waals surface area contributed by atoms with E-state index in [-0.39, 0.29) is 6.04 Å². The Morgan fingerprint density at radius 1 is 0.939 bits per heavy atom. The summed E-state index contributed by atoms with van der Waals surface area (Å²) in [7, 11) is 0. The fourth-order valence-corrected chi connectivity index (χ4v) is 4.88. The molecule has 168 valence electrons. The predicted octanol–water partition coefficient (Wildman–Crippen LogP) is 4.73. The molecule has 1 spiro atoms. The van der Waals surface area contributed by atoms with Gasteiger partial charge in [-0.05, 0) is 37.1 Å². The van der Waals surface area contributed by atoms with Gasteiger partial charge in [0, 0.05) is 18.4 Å². The van der Waals surface area contributed by atoms with E-state index >= 15 is 0 Å². The molecule has 1 aliphatic carbocycles. The van der Waals surface area contributed by atoms with Gasteiger partial charge < -0.3 is 19.9 Å². The summed E-state index contributed by atoms with van der Waals surface area (Å²) in [5.41, 5.74) is 8.66. The van der Waals surface area contributed by atoms with Crippen molar-refractivity contribution < 1.29 is 14.2 Å². The largest absolute Gasteiger partial charge is 0.457 e. The second-order valence-electron chi connectivity index (χ2n) is 8.50. The van der Waals surface area contributed by atoms with Crippen LogP contribution in [-0.4, -0.2) is 38.7 Å². The number of fused-ring (bicyclic) bond motifs is 1. The molecule has 6 rings (SSSR count). The van der Waals surface area contributed by atoms with Crippen molar-refractivity contribution in [3.8, 4) is 22.8 Å². The average molecular weight is 444 g/mol. The van der Waals surface area contributed by atoms with Crippen molar-refractivity contribution in [2.45, 2.75) is 37.5 Å². The Labute approximate surface area is 191 Å². The zero-order valence-electron chi connectivity index (χ0n) is 18.2. The van der Waals surface area contributed by atoms with E-state index in [1.807, 2.05) is 59.3 Å². The van der Waals surface area contributed by atoms with Crippen LogP contribution in [0.3, 0.4) is 0 Å². The second kappa shape index (κ2) is 8.13. The van der Waals surface area contributed by atoms with E-state index in [1.165, 1.54) is 6.33 Å². The topological polar surface area (TPSA) is 97.3 Å². The van der Waals surface area contributed by atoms with Gasteiger partial charge in [0.25, 0.3) is 0 Å². The molecule has 0 unspecified atom stereocenters. The maximum absolute atomic E-state index is 6.35. The predicted molar refractivity (Wildman–Crippen MR) is 124 cm³/mol. The first kappa shape index (κ1) is 20.1. The molecule has 2 aliphatic rings. The zero-order chi connectivity index (χ0) is 22.3. The number of hydrogen-bond acceptors (Lipinski definition) is 7. The number of para-hydroxylation sites is 2. The lowest BCUT2D eigenvalue weighted by Crippen LogP contribution is -2.36. The fourth-order valence-electron chi connectivity index (χ4n) is 4.88. The van der Waals surface area contributed by atoms with Crippen LogP contribution in [-0.2, 0) is 9.47 Å². The molecular formula is C25H25N5O3. The van der Waals surface area contributed by atoms with Crippen LogP contribution < -0.4 is 10.5 Å². The van der Waals surface area contributed by atoms with Gasteiger partial charge in [0.05, 0.1) is 24.6 Å². The Hall–Kier alpha value is -3.49. The van der Waals surface area contributed by atoms with Gasteiger partial charge in [-0.3, -0.25) is 0 Å². The summed E-state index contributed by atoms with van der Waals surface area (Å²) < 4.78 is 20.0. The number of aromatic nitrogens is 4. The monoisotopic (exact) mass is 443 g/mol. The molecule has 2 N–H and O–H groups in total. The molecule has 3 heterocycles. The van der Waals surface area contributed by atoms with Crippen LogP contribution in [0, 0.1) is 0 Å². The Morgan fingerprint density at radius 3 is 2.45 bits per heavy atom. The first-order valence-corrected chi connectivity index (χ1v) is 11.3. The van der Waals surface area contributed by atoms with Gasteiger partial charge in [-0.25, -0.2) is 14.6 Å². The summed E-state index contributed by atoms with van der Waals surface area (Å²) in [5, 5.41) is 5.78. The normalized spacial score (nSPS) is 18.2. The average Bonchev–Trinajstić information content (AvgIpc) is 3.47. The van der Waals surface area contributed by atoms with E-state index in [2.05, 4.69) is 9.97 Å².